The molecule has 1 aliphatic carbocycles. The van der Waals surface area contributed by atoms with Crippen molar-refractivity contribution in [1.82, 2.24) is 20.5 Å². The number of unbranched alkanes of at least 4 members (excludes halogenated alkanes) is 1. The van der Waals surface area contributed by atoms with Gasteiger partial charge in [-0.2, -0.15) is 0 Å². The first-order valence-electron chi connectivity index (χ1n) is 17.5. The van der Waals surface area contributed by atoms with Crippen LogP contribution in [-0.2, 0) is 25.6 Å². The number of rotatable bonds is 8. The lowest BCUT2D eigenvalue weighted by molar-refractivity contribution is -0.146. The van der Waals surface area contributed by atoms with Crippen LogP contribution in [0.15, 0.2) is 55.1 Å². The van der Waals surface area contributed by atoms with Gasteiger partial charge in [-0.1, -0.05) is 62.9 Å². The Balaban J connectivity index is 1.38. The molecule has 2 aliphatic heterocycles. The number of amides is 3. The topological polar surface area (TPSA) is 138 Å². The van der Waals surface area contributed by atoms with Crippen molar-refractivity contribution >= 4 is 34.6 Å². The second-order valence-electron chi connectivity index (χ2n) is 13.5. The number of nitrogens with zero attached hydrogens (tertiary/aromatic N) is 2. The highest BCUT2D eigenvalue weighted by Crippen LogP contribution is 2.45. The number of carbonyl (C=O) groups excluding carboxylic acids is 3. The first kappa shape index (κ1) is 34.0. The highest BCUT2D eigenvalue weighted by Gasteiger charge is 2.61. The van der Waals surface area contributed by atoms with Gasteiger partial charge in [-0.05, 0) is 61.9 Å². The number of carboxylic acids is 1. The maximum atomic E-state index is 14.3. The molecule has 5 atom stereocenters. The van der Waals surface area contributed by atoms with Crippen LogP contribution in [0.5, 0.6) is 5.75 Å². The lowest BCUT2D eigenvalue weighted by Crippen LogP contribution is -2.56. The predicted molar refractivity (Wildman–Crippen MR) is 184 cm³/mol. The highest BCUT2D eigenvalue weighted by molar-refractivity contribution is 5.96. The molecule has 3 heterocycles. The molecule has 3 N–H and O–H groups in total. The summed E-state index contributed by atoms with van der Waals surface area (Å²) in [7, 11) is 0. The number of benzene rings is 1. The Morgan fingerprint density at radius 3 is 2.71 bits per heavy atom. The molecule has 10 nitrogen and oxygen atoms in total. The number of carboxylic acid groups (broad SMARTS) is 1. The van der Waals surface area contributed by atoms with Crippen LogP contribution in [0.1, 0.15) is 76.7 Å². The minimum Gasteiger partial charge on any atom is -0.488 e. The smallest absolute Gasteiger partial charge is 0.330 e. The normalized spacial score (nSPS) is 25.8. The van der Waals surface area contributed by atoms with E-state index in [1.54, 1.807) is 6.07 Å². The molecule has 0 radical (unpaired) electrons. The van der Waals surface area contributed by atoms with Crippen molar-refractivity contribution in [3.8, 4) is 17.0 Å². The standard InChI is InChI=1S/C39H44N4O6/c1-3-5-16-31-37(46)43-24-28(21-33(43)36(45)42-39(38(47)48)23-27(39)4-2)49-34-22-32(26-14-10-8-11-15-26)40-30-19-18-25(20-29(30)34)13-9-6-7-12-17-35(44)41-31/h4,8,10,14,18-20,22,27-28,31,33H,2-3,5-7,9,12-13,16-17,21,23-24H2,1H3,(H,41,44)(H,42,45)(H,47,48)/t27?,28-,31+,33+,39-/m1/s1. The van der Waals surface area contributed by atoms with E-state index in [9.17, 15) is 24.3 Å². The summed E-state index contributed by atoms with van der Waals surface area (Å²) in [5, 5.41) is 16.6. The molecule has 6 rings (SSSR count). The van der Waals surface area contributed by atoms with E-state index in [1.807, 2.05) is 31.2 Å². The third-order valence-electron chi connectivity index (χ3n) is 10.0. The van der Waals surface area contributed by atoms with E-state index >= 15 is 0 Å². The lowest BCUT2D eigenvalue weighted by Gasteiger charge is -2.29. The van der Waals surface area contributed by atoms with Gasteiger partial charge in [0.05, 0.1) is 23.3 Å². The summed E-state index contributed by atoms with van der Waals surface area (Å²) in [5.41, 5.74) is 1.85. The monoisotopic (exact) mass is 664 g/mol. The second-order valence-corrected chi connectivity index (χ2v) is 13.5. The number of pyridine rings is 1. The minimum absolute atomic E-state index is 0.0878. The van der Waals surface area contributed by atoms with Crippen molar-refractivity contribution in [1.29, 1.82) is 0 Å². The molecule has 0 spiro atoms. The molecule has 49 heavy (non-hydrogen) atoms. The quantitative estimate of drug-likeness (QED) is 0.282. The van der Waals surface area contributed by atoms with Crippen LogP contribution in [0.4, 0.5) is 0 Å². The summed E-state index contributed by atoms with van der Waals surface area (Å²) < 4.78 is 6.72. The minimum atomic E-state index is -1.45. The van der Waals surface area contributed by atoms with E-state index in [2.05, 4.69) is 41.5 Å². The van der Waals surface area contributed by atoms with Gasteiger partial charge in [0.1, 0.15) is 29.5 Å². The number of aromatic nitrogens is 1. The van der Waals surface area contributed by atoms with Crippen LogP contribution >= 0.6 is 0 Å². The van der Waals surface area contributed by atoms with Crippen molar-refractivity contribution in [2.24, 2.45) is 5.92 Å². The molecule has 10 heteroatoms. The fourth-order valence-corrected chi connectivity index (χ4v) is 7.11. The first-order valence-corrected chi connectivity index (χ1v) is 17.5. The molecule has 1 unspecified atom stereocenters. The summed E-state index contributed by atoms with van der Waals surface area (Å²) in [6.45, 7) is 5.83. The Hall–Kier alpha value is -4.91. The zero-order valence-corrected chi connectivity index (χ0v) is 28.0. The van der Waals surface area contributed by atoms with Gasteiger partial charge in [-0.3, -0.25) is 14.4 Å². The Kier molecular flexibility index (Phi) is 10.2. The van der Waals surface area contributed by atoms with Crippen molar-refractivity contribution in [3.63, 3.8) is 0 Å². The van der Waals surface area contributed by atoms with Crippen LogP contribution in [-0.4, -0.2) is 69.0 Å². The van der Waals surface area contributed by atoms with E-state index in [1.165, 1.54) is 11.0 Å². The highest BCUT2D eigenvalue weighted by atomic mass is 16.5. The summed E-state index contributed by atoms with van der Waals surface area (Å²) in [6, 6.07) is 17.9. The molecule has 3 aliphatic rings. The molecule has 1 aromatic heterocycles. The van der Waals surface area contributed by atoms with Crippen molar-refractivity contribution in [3.05, 3.63) is 72.8 Å². The van der Waals surface area contributed by atoms with Crippen LogP contribution < -0.4 is 15.4 Å². The number of nitrogens with one attached hydrogen (secondary N) is 2. The predicted octanol–water partition coefficient (Wildman–Crippen LogP) is 5.18. The van der Waals surface area contributed by atoms with Gasteiger partial charge in [0.15, 0.2) is 0 Å². The number of fused-ring (bicyclic) bond motifs is 3. The summed E-state index contributed by atoms with van der Waals surface area (Å²) in [6.07, 6.45) is 8.04. The molecule has 4 bridgehead atoms. The Morgan fingerprint density at radius 1 is 1.18 bits per heavy atom. The Labute approximate surface area is 287 Å². The SMILES string of the molecule is C=CC1C[C@]1(NC(=O)[C@@H]1C[C@@H]2CN1C(=O)[C@H](CCCC)NC(=O)CCCCCCc1ccc3nc(-c4c#cccc4)cc(c3c1)O2)C(=O)O. The van der Waals surface area contributed by atoms with Gasteiger partial charge in [0, 0.05) is 30.2 Å². The fourth-order valence-electron chi connectivity index (χ4n) is 7.11. The lowest BCUT2D eigenvalue weighted by atomic mass is 10.0. The molecule has 1 saturated carbocycles. The summed E-state index contributed by atoms with van der Waals surface area (Å²) >= 11 is 0. The zero-order valence-electron chi connectivity index (χ0n) is 28.0. The van der Waals surface area contributed by atoms with Gasteiger partial charge in [-0.25, -0.2) is 9.78 Å². The number of ether oxygens (including phenoxy) is 1. The van der Waals surface area contributed by atoms with E-state index in [0.29, 0.717) is 30.7 Å². The molecule has 2 fully saturated rings. The number of hydrogen-bond donors (Lipinski definition) is 3. The molecular weight excluding hydrogens is 620 g/mol. The van der Waals surface area contributed by atoms with Crippen molar-refractivity contribution in [2.45, 2.75) is 101 Å². The summed E-state index contributed by atoms with van der Waals surface area (Å²) in [4.78, 5) is 60.0. The molecule has 3 amide bonds. The first-order chi connectivity index (χ1) is 23.7. The van der Waals surface area contributed by atoms with Crippen LogP contribution in [0, 0.1) is 18.1 Å². The average Bonchev–Trinajstić information content (AvgIpc) is 3.67. The number of hydrogen-bond acceptors (Lipinski definition) is 6. The second kappa shape index (κ2) is 14.7. The molecule has 1 saturated heterocycles. The molecule has 256 valence electrons. The van der Waals surface area contributed by atoms with Crippen LogP contribution in [0.2, 0.25) is 0 Å². The van der Waals surface area contributed by atoms with Crippen molar-refractivity contribution in [2.75, 3.05) is 6.54 Å². The Morgan fingerprint density at radius 2 is 2.00 bits per heavy atom. The van der Waals surface area contributed by atoms with Gasteiger partial charge < -0.3 is 25.4 Å². The number of aliphatic carboxylic acids is 1. The third kappa shape index (κ3) is 7.41. The average molecular weight is 665 g/mol. The van der Waals surface area contributed by atoms with Gasteiger partial charge in [0.25, 0.3) is 0 Å². The van der Waals surface area contributed by atoms with Gasteiger partial charge in [0.2, 0.25) is 17.7 Å². The fraction of sp³-hybridized carbons (Fsp3) is 0.462. The maximum Gasteiger partial charge on any atom is 0.330 e. The zero-order chi connectivity index (χ0) is 34.5. The van der Waals surface area contributed by atoms with E-state index in [-0.39, 0.29) is 31.2 Å². The van der Waals surface area contributed by atoms with Gasteiger partial charge in [-0.15, -0.1) is 6.58 Å². The summed E-state index contributed by atoms with van der Waals surface area (Å²) in [5.74, 6) is -2.09. The largest absolute Gasteiger partial charge is 0.488 e. The van der Waals surface area contributed by atoms with E-state index < -0.39 is 41.5 Å². The Bertz CT molecular complexity index is 1730. The van der Waals surface area contributed by atoms with Crippen LogP contribution in [0.25, 0.3) is 22.2 Å². The van der Waals surface area contributed by atoms with E-state index in [0.717, 1.165) is 60.6 Å². The third-order valence-corrected chi connectivity index (χ3v) is 10.0. The molecule has 2 aromatic carbocycles. The van der Waals surface area contributed by atoms with E-state index in [4.69, 9.17) is 9.72 Å². The number of aryl methyl sites for hydroxylation is 1. The number of carbonyl (C=O) groups is 4. The van der Waals surface area contributed by atoms with Gasteiger partial charge >= 0.3 is 5.97 Å². The maximum absolute atomic E-state index is 14.3. The van der Waals surface area contributed by atoms with Crippen molar-refractivity contribution < 1.29 is 29.0 Å². The van der Waals surface area contributed by atoms with Crippen LogP contribution in [0.3, 0.4) is 0 Å². The molecular formula is C39H44N4O6. The molecule has 3 aromatic rings.